The zero-order valence-corrected chi connectivity index (χ0v) is 23.9. The van der Waals surface area contributed by atoms with Crippen molar-refractivity contribution in [3.8, 4) is 28.4 Å². The Hall–Kier alpha value is -3.75. The summed E-state index contributed by atoms with van der Waals surface area (Å²) in [5.74, 6) is 2.17. The van der Waals surface area contributed by atoms with Gasteiger partial charge >= 0.3 is 5.97 Å². The molecule has 2 aliphatic heterocycles. The zero-order valence-electron chi connectivity index (χ0n) is 23.9. The Kier molecular flexibility index (Phi) is 8.47. The first-order valence-corrected chi connectivity index (χ1v) is 13.7. The molecule has 0 aromatic heterocycles. The van der Waals surface area contributed by atoms with Gasteiger partial charge in [0.25, 0.3) is 0 Å². The van der Waals surface area contributed by atoms with Crippen LogP contribution < -0.4 is 19.5 Å². The summed E-state index contributed by atoms with van der Waals surface area (Å²) in [7, 11) is 4.06. The minimum Gasteiger partial charge on any atom is -0.491 e. The maximum atomic E-state index is 11.4. The number of hydrogen-bond donors (Lipinski definition) is 1. The van der Waals surface area contributed by atoms with Crippen molar-refractivity contribution in [1.29, 1.82) is 0 Å². The molecule has 0 bridgehead atoms. The van der Waals surface area contributed by atoms with Crippen LogP contribution in [0.1, 0.15) is 41.3 Å². The van der Waals surface area contributed by atoms with Crippen molar-refractivity contribution in [2.45, 2.75) is 32.9 Å². The standard InChI is InChI=1S/C32H38N2O6/c1-20-15-24(37-14-13-36-12-11-34(4)5)16-21(2)31(20)27-8-6-7-25-28(18-39-32(25)27)33-23-9-10-26-29(17-23)38-19-30(26)40-22(3)35/h6-10,15-17,28,30,33H,11-14,18-19H2,1-5H3/t28-,30-/m1/s1. The second-order valence-corrected chi connectivity index (χ2v) is 10.6. The lowest BCUT2D eigenvalue weighted by Gasteiger charge is -2.17. The van der Waals surface area contributed by atoms with E-state index in [0.717, 1.165) is 62.9 Å². The molecule has 2 heterocycles. The molecule has 0 fully saturated rings. The highest BCUT2D eigenvalue weighted by Crippen LogP contribution is 2.45. The molecule has 0 unspecified atom stereocenters. The first-order valence-electron chi connectivity index (χ1n) is 13.7. The van der Waals surface area contributed by atoms with Crippen molar-refractivity contribution in [2.24, 2.45) is 0 Å². The smallest absolute Gasteiger partial charge is 0.303 e. The first-order chi connectivity index (χ1) is 19.3. The van der Waals surface area contributed by atoms with Crippen LogP contribution in [0.4, 0.5) is 5.69 Å². The van der Waals surface area contributed by atoms with Crippen molar-refractivity contribution in [3.63, 3.8) is 0 Å². The molecule has 8 heteroatoms. The summed E-state index contributed by atoms with van der Waals surface area (Å²) >= 11 is 0. The van der Waals surface area contributed by atoms with E-state index in [1.807, 2.05) is 32.3 Å². The monoisotopic (exact) mass is 546 g/mol. The van der Waals surface area contributed by atoms with Crippen molar-refractivity contribution < 1.29 is 28.5 Å². The molecule has 3 aromatic carbocycles. The summed E-state index contributed by atoms with van der Waals surface area (Å²) in [5, 5.41) is 3.60. The van der Waals surface area contributed by atoms with Crippen LogP contribution in [-0.4, -0.2) is 64.5 Å². The molecule has 40 heavy (non-hydrogen) atoms. The van der Waals surface area contributed by atoms with Crippen LogP contribution in [-0.2, 0) is 14.3 Å². The van der Waals surface area contributed by atoms with Gasteiger partial charge in [-0.1, -0.05) is 18.2 Å². The fraction of sp³-hybridized carbons (Fsp3) is 0.406. The summed E-state index contributed by atoms with van der Waals surface area (Å²) < 4.78 is 29.1. The van der Waals surface area contributed by atoms with E-state index in [9.17, 15) is 4.79 Å². The van der Waals surface area contributed by atoms with Gasteiger partial charge in [0.2, 0.25) is 0 Å². The molecule has 0 saturated heterocycles. The van der Waals surface area contributed by atoms with Crippen LogP contribution in [0.3, 0.4) is 0 Å². The van der Waals surface area contributed by atoms with Crippen LogP contribution >= 0.6 is 0 Å². The molecular weight excluding hydrogens is 508 g/mol. The third-order valence-electron chi connectivity index (χ3n) is 7.17. The lowest BCUT2D eigenvalue weighted by atomic mass is 9.92. The number of carbonyl (C=O) groups excluding carboxylic acids is 1. The Bertz CT molecular complexity index is 1350. The van der Waals surface area contributed by atoms with Gasteiger partial charge in [-0.25, -0.2) is 0 Å². The van der Waals surface area contributed by atoms with Gasteiger partial charge in [0.1, 0.15) is 37.1 Å². The normalized spacial score (nSPS) is 17.1. The van der Waals surface area contributed by atoms with Gasteiger partial charge < -0.3 is 33.9 Å². The highest BCUT2D eigenvalue weighted by atomic mass is 16.6. The summed E-state index contributed by atoms with van der Waals surface area (Å²) in [6, 6.07) is 16.4. The van der Waals surface area contributed by atoms with Crippen LogP contribution in [0.2, 0.25) is 0 Å². The number of esters is 1. The molecule has 0 saturated carbocycles. The summed E-state index contributed by atoms with van der Waals surface area (Å²) in [5.41, 5.74) is 7.44. The molecule has 0 spiro atoms. The minimum atomic E-state index is -0.357. The van der Waals surface area contributed by atoms with Gasteiger partial charge in [-0.3, -0.25) is 4.79 Å². The molecule has 2 aliphatic rings. The molecular formula is C32H38N2O6. The second kappa shape index (κ2) is 12.2. The Morgan fingerprint density at radius 2 is 1.77 bits per heavy atom. The molecule has 212 valence electrons. The Morgan fingerprint density at radius 3 is 2.52 bits per heavy atom. The average Bonchev–Trinajstić information content (AvgIpc) is 3.49. The van der Waals surface area contributed by atoms with E-state index in [-0.39, 0.29) is 18.1 Å². The van der Waals surface area contributed by atoms with Gasteiger partial charge in [-0.05, 0) is 68.9 Å². The van der Waals surface area contributed by atoms with Gasteiger partial charge in [-0.15, -0.1) is 0 Å². The molecule has 1 N–H and O–H groups in total. The van der Waals surface area contributed by atoms with Crippen LogP contribution in [0, 0.1) is 13.8 Å². The predicted molar refractivity (Wildman–Crippen MR) is 155 cm³/mol. The van der Waals surface area contributed by atoms with E-state index in [1.54, 1.807) is 0 Å². The van der Waals surface area contributed by atoms with Crippen molar-refractivity contribution in [2.75, 3.05) is 59.0 Å². The van der Waals surface area contributed by atoms with E-state index in [4.69, 9.17) is 23.7 Å². The number of para-hydroxylation sites is 1. The largest absolute Gasteiger partial charge is 0.491 e. The van der Waals surface area contributed by atoms with Crippen molar-refractivity contribution in [3.05, 3.63) is 70.8 Å². The maximum absolute atomic E-state index is 11.4. The van der Waals surface area contributed by atoms with Gasteiger partial charge in [0, 0.05) is 41.9 Å². The topological polar surface area (TPSA) is 78.5 Å². The van der Waals surface area contributed by atoms with E-state index in [2.05, 4.69) is 54.4 Å². The predicted octanol–water partition coefficient (Wildman–Crippen LogP) is 5.47. The fourth-order valence-corrected chi connectivity index (χ4v) is 5.33. The van der Waals surface area contributed by atoms with Gasteiger partial charge in [0.15, 0.2) is 6.10 Å². The first kappa shape index (κ1) is 27.8. The van der Waals surface area contributed by atoms with E-state index in [1.165, 1.54) is 6.92 Å². The molecule has 0 radical (unpaired) electrons. The molecule has 3 aromatic rings. The lowest BCUT2D eigenvalue weighted by molar-refractivity contribution is -0.147. The third kappa shape index (κ3) is 6.18. The second-order valence-electron chi connectivity index (χ2n) is 10.6. The zero-order chi connectivity index (χ0) is 28.2. The highest BCUT2D eigenvalue weighted by molar-refractivity contribution is 5.79. The number of nitrogens with one attached hydrogen (secondary N) is 1. The number of aryl methyl sites for hydroxylation is 2. The average molecular weight is 547 g/mol. The van der Waals surface area contributed by atoms with Gasteiger partial charge in [-0.2, -0.15) is 0 Å². The Morgan fingerprint density at radius 1 is 0.975 bits per heavy atom. The SMILES string of the molecule is CC(=O)O[C@@H]1COc2cc(N[C@@H]3COc4c(-c5c(C)cc(OCCOCCN(C)C)cc5C)cccc43)ccc21. The molecule has 0 aliphatic carbocycles. The Balaban J connectivity index is 1.28. The van der Waals surface area contributed by atoms with Gasteiger partial charge in [0.05, 0.1) is 19.3 Å². The number of rotatable bonds is 11. The number of fused-ring (bicyclic) bond motifs is 2. The number of carbonyl (C=O) groups is 1. The molecule has 0 amide bonds. The quantitative estimate of drug-likeness (QED) is 0.251. The molecule has 2 atom stereocenters. The number of ether oxygens (including phenoxy) is 5. The number of likely N-dealkylation sites (N-methyl/N-ethyl adjacent to an activating group) is 1. The summed E-state index contributed by atoms with van der Waals surface area (Å²) in [6.45, 7) is 9.16. The number of anilines is 1. The fourth-order valence-electron chi connectivity index (χ4n) is 5.33. The van der Waals surface area contributed by atoms with E-state index < -0.39 is 0 Å². The van der Waals surface area contributed by atoms with Crippen LogP contribution in [0.5, 0.6) is 17.2 Å². The number of hydrogen-bond acceptors (Lipinski definition) is 8. The minimum absolute atomic E-state index is 0.00520. The third-order valence-corrected chi connectivity index (χ3v) is 7.17. The summed E-state index contributed by atoms with van der Waals surface area (Å²) in [6.07, 6.45) is -0.357. The molecule has 8 nitrogen and oxygen atoms in total. The number of nitrogens with zero attached hydrogens (tertiary/aromatic N) is 1. The summed E-state index contributed by atoms with van der Waals surface area (Å²) in [4.78, 5) is 13.5. The lowest BCUT2D eigenvalue weighted by Crippen LogP contribution is -2.19. The maximum Gasteiger partial charge on any atom is 0.303 e. The highest BCUT2D eigenvalue weighted by Gasteiger charge is 2.30. The Labute approximate surface area is 236 Å². The van der Waals surface area contributed by atoms with Crippen LogP contribution in [0.25, 0.3) is 11.1 Å². The number of benzene rings is 3. The van der Waals surface area contributed by atoms with E-state index >= 15 is 0 Å². The van der Waals surface area contributed by atoms with Crippen molar-refractivity contribution in [1.82, 2.24) is 4.90 Å². The van der Waals surface area contributed by atoms with Crippen LogP contribution in [0.15, 0.2) is 48.5 Å². The molecule has 5 rings (SSSR count). The van der Waals surface area contributed by atoms with E-state index in [0.29, 0.717) is 33.0 Å². The van der Waals surface area contributed by atoms with Crippen molar-refractivity contribution >= 4 is 11.7 Å².